The fourth-order valence-corrected chi connectivity index (χ4v) is 5.68. The van der Waals surface area contributed by atoms with Gasteiger partial charge in [-0.15, -0.1) is 0 Å². The number of anilines is 2. The summed E-state index contributed by atoms with van der Waals surface area (Å²) in [5.41, 5.74) is 3.95. The largest absolute Gasteiger partial charge is 0.322 e. The van der Waals surface area contributed by atoms with Gasteiger partial charge in [-0.25, -0.2) is 8.42 Å². The molecule has 0 aliphatic carbocycles. The summed E-state index contributed by atoms with van der Waals surface area (Å²) in [6.45, 7) is 6.14. The topological polar surface area (TPSA) is 66.5 Å². The lowest BCUT2D eigenvalue weighted by atomic mass is 10.0. The van der Waals surface area contributed by atoms with Crippen LogP contribution in [0.3, 0.4) is 0 Å². The Kier molecular flexibility index (Phi) is 5.58. The van der Waals surface area contributed by atoms with E-state index in [1.807, 2.05) is 31.2 Å². The molecular formula is C25H26N2O3S. The van der Waals surface area contributed by atoms with Gasteiger partial charge in [0.25, 0.3) is 15.9 Å². The van der Waals surface area contributed by atoms with Crippen molar-refractivity contribution in [3.05, 3.63) is 89.5 Å². The zero-order valence-electron chi connectivity index (χ0n) is 17.9. The molecule has 0 saturated carbocycles. The van der Waals surface area contributed by atoms with Gasteiger partial charge in [-0.3, -0.25) is 9.10 Å². The number of hydrogen-bond donors (Lipinski definition) is 1. The molecule has 1 aliphatic rings. The molecule has 6 heteroatoms. The summed E-state index contributed by atoms with van der Waals surface area (Å²) in [6.07, 6.45) is 0.561. The van der Waals surface area contributed by atoms with E-state index in [9.17, 15) is 13.2 Å². The average molecular weight is 435 g/mol. The minimum atomic E-state index is -3.66. The fraction of sp³-hybridized carbons (Fsp3) is 0.240. The number of sulfonamides is 1. The Morgan fingerprint density at radius 2 is 1.68 bits per heavy atom. The fourth-order valence-electron chi connectivity index (χ4n) is 3.97. The number of nitrogens with one attached hydrogen (secondary N) is 1. The second-order valence-electron chi connectivity index (χ2n) is 8.24. The quantitative estimate of drug-likeness (QED) is 0.600. The third kappa shape index (κ3) is 4.08. The van der Waals surface area contributed by atoms with Crippen LogP contribution in [0, 0.1) is 0 Å². The Balaban J connectivity index is 1.58. The van der Waals surface area contributed by atoms with Crippen LogP contribution in [0.5, 0.6) is 0 Å². The molecule has 160 valence electrons. The maximum Gasteiger partial charge on any atom is 0.264 e. The summed E-state index contributed by atoms with van der Waals surface area (Å²) in [5, 5.41) is 2.92. The number of carbonyl (C=O) groups is 1. The molecule has 0 unspecified atom stereocenters. The van der Waals surface area contributed by atoms with Crippen LogP contribution < -0.4 is 9.62 Å². The first-order chi connectivity index (χ1) is 14.8. The molecule has 0 fully saturated rings. The van der Waals surface area contributed by atoms with Crippen molar-refractivity contribution < 1.29 is 13.2 Å². The molecule has 3 aromatic carbocycles. The summed E-state index contributed by atoms with van der Waals surface area (Å²) in [6, 6.07) is 21.2. The molecule has 0 radical (unpaired) electrons. The summed E-state index contributed by atoms with van der Waals surface area (Å²) < 4.78 is 27.8. The maximum absolute atomic E-state index is 13.2. The molecule has 0 aromatic heterocycles. The van der Waals surface area contributed by atoms with Gasteiger partial charge >= 0.3 is 0 Å². The van der Waals surface area contributed by atoms with Gasteiger partial charge in [0.05, 0.1) is 10.6 Å². The van der Waals surface area contributed by atoms with Gasteiger partial charge in [0, 0.05) is 17.3 Å². The lowest BCUT2D eigenvalue weighted by Crippen LogP contribution is -2.35. The van der Waals surface area contributed by atoms with E-state index in [4.69, 9.17) is 0 Å². The molecule has 1 amide bonds. The van der Waals surface area contributed by atoms with E-state index in [0.717, 1.165) is 11.3 Å². The van der Waals surface area contributed by atoms with Crippen molar-refractivity contribution in [2.45, 2.75) is 44.0 Å². The normalized spacial score (nSPS) is 15.7. The van der Waals surface area contributed by atoms with Crippen LogP contribution in [-0.2, 0) is 16.4 Å². The van der Waals surface area contributed by atoms with E-state index in [2.05, 4.69) is 19.2 Å². The molecule has 4 rings (SSSR count). The van der Waals surface area contributed by atoms with E-state index in [-0.39, 0.29) is 16.8 Å². The lowest BCUT2D eigenvalue weighted by Gasteiger charge is -2.24. The second-order valence-corrected chi connectivity index (χ2v) is 10.1. The highest BCUT2D eigenvalue weighted by molar-refractivity contribution is 7.92. The smallest absolute Gasteiger partial charge is 0.264 e. The summed E-state index contributed by atoms with van der Waals surface area (Å²) in [4.78, 5) is 13.0. The Bertz CT molecular complexity index is 1200. The summed E-state index contributed by atoms with van der Waals surface area (Å²) >= 11 is 0. The van der Waals surface area contributed by atoms with E-state index in [1.165, 1.54) is 9.87 Å². The average Bonchev–Trinajstić information content (AvgIpc) is 3.10. The molecule has 1 aliphatic heterocycles. The number of nitrogens with zero attached hydrogens (tertiary/aromatic N) is 1. The molecule has 1 heterocycles. The van der Waals surface area contributed by atoms with Crippen molar-refractivity contribution in [1.29, 1.82) is 0 Å². The molecule has 5 nitrogen and oxygen atoms in total. The van der Waals surface area contributed by atoms with Crippen molar-refractivity contribution in [3.63, 3.8) is 0 Å². The number of benzene rings is 3. The van der Waals surface area contributed by atoms with Crippen LogP contribution >= 0.6 is 0 Å². The van der Waals surface area contributed by atoms with Crippen LogP contribution in [0.2, 0.25) is 0 Å². The van der Waals surface area contributed by atoms with Crippen molar-refractivity contribution in [2.24, 2.45) is 0 Å². The second kappa shape index (κ2) is 8.19. The first-order valence-electron chi connectivity index (χ1n) is 10.4. The highest BCUT2D eigenvalue weighted by atomic mass is 32.2. The van der Waals surface area contributed by atoms with E-state index >= 15 is 0 Å². The first-order valence-corrected chi connectivity index (χ1v) is 11.8. The van der Waals surface area contributed by atoms with Gasteiger partial charge in [-0.1, -0.05) is 44.2 Å². The molecule has 0 saturated heterocycles. The van der Waals surface area contributed by atoms with Crippen LogP contribution in [0.15, 0.2) is 77.7 Å². The van der Waals surface area contributed by atoms with Crippen molar-refractivity contribution >= 4 is 27.3 Å². The molecule has 0 spiro atoms. The number of amides is 1. The molecule has 1 N–H and O–H groups in total. The van der Waals surface area contributed by atoms with Gasteiger partial charge in [0.15, 0.2) is 0 Å². The van der Waals surface area contributed by atoms with Gasteiger partial charge < -0.3 is 5.32 Å². The Morgan fingerprint density at radius 3 is 2.32 bits per heavy atom. The van der Waals surface area contributed by atoms with Crippen molar-refractivity contribution in [2.75, 3.05) is 9.62 Å². The van der Waals surface area contributed by atoms with Crippen LogP contribution in [-0.4, -0.2) is 20.4 Å². The third-order valence-electron chi connectivity index (χ3n) is 5.63. The van der Waals surface area contributed by atoms with Crippen LogP contribution in [0.4, 0.5) is 11.4 Å². The Labute approximate surface area is 183 Å². The van der Waals surface area contributed by atoms with E-state index in [1.54, 1.807) is 48.5 Å². The number of carbonyl (C=O) groups excluding carboxylic acids is 1. The zero-order chi connectivity index (χ0) is 22.2. The Hall–Kier alpha value is -3.12. The van der Waals surface area contributed by atoms with Gasteiger partial charge in [0.1, 0.15) is 0 Å². The molecular weight excluding hydrogens is 408 g/mol. The third-order valence-corrected chi connectivity index (χ3v) is 7.57. The van der Waals surface area contributed by atoms with Crippen LogP contribution in [0.1, 0.15) is 48.2 Å². The van der Waals surface area contributed by atoms with Gasteiger partial charge in [0.2, 0.25) is 0 Å². The van der Waals surface area contributed by atoms with Crippen LogP contribution in [0.25, 0.3) is 0 Å². The van der Waals surface area contributed by atoms with E-state index < -0.39 is 10.0 Å². The minimum Gasteiger partial charge on any atom is -0.322 e. The van der Waals surface area contributed by atoms with E-state index in [0.29, 0.717) is 23.6 Å². The number of fused-ring (bicyclic) bond motifs is 1. The SMILES string of the molecule is CC(C)c1ccc(NC(=O)c2ccc3c(c2)C[C@H](C)N3S(=O)(=O)c2ccccc2)cc1. The molecule has 1 atom stereocenters. The predicted molar refractivity (Wildman–Crippen MR) is 124 cm³/mol. The maximum atomic E-state index is 13.2. The molecule has 3 aromatic rings. The standard InChI is InChI=1S/C25H26N2O3S/c1-17(2)19-9-12-22(13-10-19)26-25(28)20-11-14-24-21(16-20)15-18(3)27(24)31(29,30)23-7-5-4-6-8-23/h4-14,16-18H,15H2,1-3H3,(H,26,28)/t18-/m0/s1. The zero-order valence-corrected chi connectivity index (χ0v) is 18.7. The van der Waals surface area contributed by atoms with Crippen molar-refractivity contribution in [3.8, 4) is 0 Å². The summed E-state index contributed by atoms with van der Waals surface area (Å²) in [7, 11) is -3.66. The van der Waals surface area contributed by atoms with Crippen molar-refractivity contribution in [1.82, 2.24) is 0 Å². The number of hydrogen-bond acceptors (Lipinski definition) is 3. The Morgan fingerprint density at radius 1 is 1.00 bits per heavy atom. The first kappa shape index (κ1) is 21.1. The predicted octanol–water partition coefficient (Wildman–Crippen LogP) is 5.20. The molecule has 0 bridgehead atoms. The monoisotopic (exact) mass is 434 g/mol. The van der Waals surface area contributed by atoms with Gasteiger partial charge in [-0.2, -0.15) is 0 Å². The lowest BCUT2D eigenvalue weighted by molar-refractivity contribution is 0.102. The summed E-state index contributed by atoms with van der Waals surface area (Å²) in [5.74, 6) is 0.218. The molecule has 31 heavy (non-hydrogen) atoms. The minimum absolute atomic E-state index is 0.211. The number of rotatable bonds is 5. The highest BCUT2D eigenvalue weighted by Gasteiger charge is 2.36. The van der Waals surface area contributed by atoms with Gasteiger partial charge in [-0.05, 0) is 72.9 Å². The highest BCUT2D eigenvalue weighted by Crippen LogP contribution is 2.37.